The number of pyridine rings is 1. The van der Waals surface area contributed by atoms with Crippen molar-refractivity contribution >= 4 is 0 Å². The predicted molar refractivity (Wildman–Crippen MR) is 110 cm³/mol. The van der Waals surface area contributed by atoms with Gasteiger partial charge in [0.2, 0.25) is 0 Å². The van der Waals surface area contributed by atoms with Gasteiger partial charge in [0.15, 0.2) is 0 Å². The molecule has 146 valence electrons. The molecule has 0 unspecified atom stereocenters. The lowest BCUT2D eigenvalue weighted by Crippen LogP contribution is -2.35. The molecular formula is C22H27N5O. The average molecular weight is 377 g/mol. The number of hydrogen-bond donors (Lipinski definition) is 1. The fraction of sp³-hybridized carbons (Fsp3) is 0.364. The Balaban J connectivity index is 1.32. The van der Waals surface area contributed by atoms with Crippen molar-refractivity contribution in [3.05, 3.63) is 71.7 Å². The number of nitrogens with zero attached hydrogens (tertiary/aromatic N) is 4. The Morgan fingerprint density at radius 1 is 0.964 bits per heavy atom. The lowest BCUT2D eigenvalue weighted by atomic mass is 10.1. The summed E-state index contributed by atoms with van der Waals surface area (Å²) in [4.78, 5) is 6.54. The molecule has 6 nitrogen and oxygen atoms in total. The lowest BCUT2D eigenvalue weighted by Gasteiger charge is -2.26. The maximum Gasteiger partial charge on any atom is 0.0969 e. The number of rotatable bonds is 7. The predicted octanol–water partition coefficient (Wildman–Crippen LogP) is 2.60. The van der Waals surface area contributed by atoms with E-state index < -0.39 is 0 Å². The molecule has 0 atom stereocenters. The van der Waals surface area contributed by atoms with E-state index in [0.717, 1.165) is 57.2 Å². The zero-order chi connectivity index (χ0) is 19.2. The minimum atomic E-state index is 0.779. The number of aryl methyl sites for hydroxylation is 1. The molecule has 4 rings (SSSR count). The molecular weight excluding hydrogens is 350 g/mol. The van der Waals surface area contributed by atoms with Crippen molar-refractivity contribution in [1.29, 1.82) is 0 Å². The molecule has 1 N–H and O–H groups in total. The normalized spacial score (nSPS) is 15.0. The van der Waals surface area contributed by atoms with Gasteiger partial charge in [0.1, 0.15) is 0 Å². The fourth-order valence-corrected chi connectivity index (χ4v) is 3.54. The summed E-state index contributed by atoms with van der Waals surface area (Å²) in [5.74, 6) is 0. The first-order chi connectivity index (χ1) is 13.8. The molecule has 6 heteroatoms. The zero-order valence-corrected chi connectivity index (χ0v) is 16.3. The van der Waals surface area contributed by atoms with Crippen LogP contribution in [0.15, 0.2) is 55.0 Å². The van der Waals surface area contributed by atoms with E-state index in [1.54, 1.807) is 12.4 Å². The maximum absolute atomic E-state index is 5.42. The van der Waals surface area contributed by atoms with Gasteiger partial charge in [0, 0.05) is 69.5 Å². The van der Waals surface area contributed by atoms with E-state index in [0.29, 0.717) is 0 Å². The highest BCUT2D eigenvalue weighted by atomic mass is 16.5. The zero-order valence-electron chi connectivity index (χ0n) is 16.3. The fourth-order valence-electron chi connectivity index (χ4n) is 3.54. The van der Waals surface area contributed by atoms with Crippen molar-refractivity contribution in [2.75, 3.05) is 26.3 Å². The van der Waals surface area contributed by atoms with Crippen LogP contribution in [-0.4, -0.2) is 46.0 Å². The summed E-state index contributed by atoms with van der Waals surface area (Å²) < 4.78 is 7.28. The van der Waals surface area contributed by atoms with Gasteiger partial charge in [0.05, 0.1) is 18.9 Å². The summed E-state index contributed by atoms with van der Waals surface area (Å²) in [6.45, 7) is 6.35. The highest BCUT2D eigenvalue weighted by molar-refractivity contribution is 5.61. The quantitative estimate of drug-likeness (QED) is 0.686. The van der Waals surface area contributed by atoms with Crippen LogP contribution < -0.4 is 5.32 Å². The first kappa shape index (κ1) is 18.8. The van der Waals surface area contributed by atoms with Gasteiger partial charge in [-0.1, -0.05) is 24.3 Å². The Bertz CT molecular complexity index is 870. The Labute approximate surface area is 166 Å². The summed E-state index contributed by atoms with van der Waals surface area (Å²) in [5.41, 5.74) is 5.95. The van der Waals surface area contributed by atoms with Crippen LogP contribution in [0.4, 0.5) is 0 Å². The van der Waals surface area contributed by atoms with Gasteiger partial charge < -0.3 is 10.1 Å². The molecule has 1 aromatic carbocycles. The van der Waals surface area contributed by atoms with E-state index in [-0.39, 0.29) is 0 Å². The molecule has 0 spiro atoms. The average Bonchev–Trinajstić information content (AvgIpc) is 3.11. The van der Waals surface area contributed by atoms with E-state index in [1.165, 1.54) is 16.7 Å². The second kappa shape index (κ2) is 9.10. The van der Waals surface area contributed by atoms with Gasteiger partial charge >= 0.3 is 0 Å². The second-order valence-electron chi connectivity index (χ2n) is 7.22. The third kappa shape index (κ3) is 4.84. The monoisotopic (exact) mass is 377 g/mol. The number of morpholine rings is 1. The molecule has 1 aliphatic heterocycles. The van der Waals surface area contributed by atoms with Crippen LogP contribution in [0.25, 0.3) is 11.3 Å². The van der Waals surface area contributed by atoms with Gasteiger partial charge in [-0.2, -0.15) is 5.10 Å². The Hall–Kier alpha value is -2.54. The topological polar surface area (TPSA) is 55.2 Å². The van der Waals surface area contributed by atoms with Crippen LogP contribution in [-0.2, 0) is 31.4 Å². The first-order valence-electron chi connectivity index (χ1n) is 9.79. The molecule has 3 heterocycles. The maximum atomic E-state index is 5.42. The van der Waals surface area contributed by atoms with Gasteiger partial charge in [-0.3, -0.25) is 14.6 Å². The lowest BCUT2D eigenvalue weighted by molar-refractivity contribution is 0.0342. The van der Waals surface area contributed by atoms with Crippen LogP contribution in [0.3, 0.4) is 0 Å². The molecule has 0 bridgehead atoms. The Morgan fingerprint density at radius 3 is 2.43 bits per heavy atom. The van der Waals surface area contributed by atoms with Crippen molar-refractivity contribution in [1.82, 2.24) is 25.0 Å². The molecule has 0 amide bonds. The number of ether oxygens (including phenoxy) is 1. The number of aromatic nitrogens is 3. The highest BCUT2D eigenvalue weighted by Crippen LogP contribution is 2.21. The van der Waals surface area contributed by atoms with Gasteiger partial charge in [0.25, 0.3) is 0 Å². The van der Waals surface area contributed by atoms with Gasteiger partial charge in [-0.25, -0.2) is 0 Å². The third-order valence-electron chi connectivity index (χ3n) is 5.04. The van der Waals surface area contributed by atoms with E-state index in [2.05, 4.69) is 50.8 Å². The first-order valence-corrected chi connectivity index (χ1v) is 9.79. The van der Waals surface area contributed by atoms with Crippen molar-refractivity contribution in [2.24, 2.45) is 7.05 Å². The largest absolute Gasteiger partial charge is 0.379 e. The van der Waals surface area contributed by atoms with Crippen molar-refractivity contribution < 1.29 is 4.74 Å². The number of benzene rings is 1. The molecule has 28 heavy (non-hydrogen) atoms. The summed E-state index contributed by atoms with van der Waals surface area (Å²) in [6, 6.07) is 12.9. The molecule has 3 aromatic rings. The molecule has 1 saturated heterocycles. The standard InChI is InChI=1S/C22H27N5O/c1-26-17-21(22(25-26)20-6-8-23-9-7-20)15-24-14-18-2-4-19(5-3-18)16-27-10-12-28-13-11-27/h2-9,17,24H,10-16H2,1H3. The summed E-state index contributed by atoms with van der Waals surface area (Å²) in [5, 5.41) is 8.16. The van der Waals surface area contributed by atoms with Crippen LogP contribution >= 0.6 is 0 Å². The van der Waals surface area contributed by atoms with Crippen molar-refractivity contribution in [3.8, 4) is 11.3 Å². The second-order valence-corrected chi connectivity index (χ2v) is 7.22. The molecule has 2 aromatic heterocycles. The van der Waals surface area contributed by atoms with Crippen molar-refractivity contribution in [2.45, 2.75) is 19.6 Å². The van der Waals surface area contributed by atoms with Crippen LogP contribution in [0.5, 0.6) is 0 Å². The van der Waals surface area contributed by atoms with E-state index in [1.807, 2.05) is 23.9 Å². The number of nitrogens with one attached hydrogen (secondary N) is 1. The van der Waals surface area contributed by atoms with E-state index in [4.69, 9.17) is 4.74 Å². The molecule has 0 saturated carbocycles. The molecule has 1 fully saturated rings. The summed E-state index contributed by atoms with van der Waals surface area (Å²) in [6.07, 6.45) is 5.69. The third-order valence-corrected chi connectivity index (χ3v) is 5.04. The van der Waals surface area contributed by atoms with E-state index >= 15 is 0 Å². The highest BCUT2D eigenvalue weighted by Gasteiger charge is 2.11. The summed E-state index contributed by atoms with van der Waals surface area (Å²) >= 11 is 0. The molecule has 0 aliphatic carbocycles. The SMILES string of the molecule is Cn1cc(CNCc2ccc(CN3CCOCC3)cc2)c(-c2ccncc2)n1. The van der Waals surface area contributed by atoms with Crippen LogP contribution in [0, 0.1) is 0 Å². The molecule has 0 radical (unpaired) electrons. The Morgan fingerprint density at radius 2 is 1.68 bits per heavy atom. The van der Waals surface area contributed by atoms with Crippen LogP contribution in [0.2, 0.25) is 0 Å². The smallest absolute Gasteiger partial charge is 0.0969 e. The Kier molecular flexibility index (Phi) is 6.11. The van der Waals surface area contributed by atoms with Gasteiger partial charge in [-0.05, 0) is 23.3 Å². The minimum Gasteiger partial charge on any atom is -0.379 e. The van der Waals surface area contributed by atoms with Crippen LogP contribution in [0.1, 0.15) is 16.7 Å². The van der Waals surface area contributed by atoms with Crippen molar-refractivity contribution in [3.63, 3.8) is 0 Å². The minimum absolute atomic E-state index is 0.779. The van der Waals surface area contributed by atoms with Gasteiger partial charge in [-0.15, -0.1) is 0 Å². The summed E-state index contributed by atoms with van der Waals surface area (Å²) in [7, 11) is 1.96. The molecule has 1 aliphatic rings. The number of hydrogen-bond acceptors (Lipinski definition) is 5. The van der Waals surface area contributed by atoms with E-state index in [9.17, 15) is 0 Å².